The Hall–Kier alpha value is -2.59. The van der Waals surface area contributed by atoms with E-state index in [-0.39, 0.29) is 5.91 Å². The summed E-state index contributed by atoms with van der Waals surface area (Å²) < 4.78 is 4.61. The van der Waals surface area contributed by atoms with Gasteiger partial charge in [0.15, 0.2) is 0 Å². The van der Waals surface area contributed by atoms with Gasteiger partial charge < -0.3 is 10.1 Å². The molecule has 1 N–H and O–H groups in total. The van der Waals surface area contributed by atoms with Crippen LogP contribution in [0.25, 0.3) is 6.08 Å². The summed E-state index contributed by atoms with van der Waals surface area (Å²) >= 11 is 5.87. The average molecular weight is 316 g/mol. The van der Waals surface area contributed by atoms with Crippen molar-refractivity contribution in [1.82, 2.24) is 0 Å². The number of halogens is 1. The van der Waals surface area contributed by atoms with E-state index in [4.69, 9.17) is 11.6 Å². The van der Waals surface area contributed by atoms with Crippen LogP contribution in [0.15, 0.2) is 54.6 Å². The lowest BCUT2D eigenvalue weighted by Gasteiger charge is -2.03. The third-order valence-electron chi connectivity index (χ3n) is 2.85. The summed E-state index contributed by atoms with van der Waals surface area (Å²) in [5.41, 5.74) is 1.85. The highest BCUT2D eigenvalue weighted by Crippen LogP contribution is 2.13. The predicted molar refractivity (Wildman–Crippen MR) is 86.9 cm³/mol. The van der Waals surface area contributed by atoms with E-state index in [0.717, 1.165) is 5.56 Å². The number of esters is 1. The van der Waals surface area contributed by atoms with Gasteiger partial charge in [-0.15, -0.1) is 0 Å². The fraction of sp³-hybridized carbons (Fsp3) is 0.0588. The van der Waals surface area contributed by atoms with Crippen LogP contribution < -0.4 is 5.32 Å². The second-order valence-electron chi connectivity index (χ2n) is 4.45. The molecule has 0 saturated heterocycles. The number of hydrogen-bond donors (Lipinski definition) is 1. The van der Waals surface area contributed by atoms with Gasteiger partial charge >= 0.3 is 5.97 Å². The van der Waals surface area contributed by atoms with E-state index in [9.17, 15) is 9.59 Å². The Kier molecular flexibility index (Phi) is 5.33. The highest BCUT2D eigenvalue weighted by atomic mass is 35.5. The molecule has 0 aliphatic carbocycles. The molecule has 0 saturated carbocycles. The van der Waals surface area contributed by atoms with Gasteiger partial charge in [0.2, 0.25) is 5.91 Å². The molecule has 22 heavy (non-hydrogen) atoms. The minimum atomic E-state index is -0.418. The van der Waals surface area contributed by atoms with Crippen molar-refractivity contribution >= 4 is 35.2 Å². The summed E-state index contributed by atoms with van der Waals surface area (Å²) in [4.78, 5) is 23.1. The standard InChI is InChI=1S/C17H14ClNO3/c1-22-17(21)13-6-8-15(9-7-13)19-16(20)10-5-12-3-2-4-14(18)11-12/h2-11H,1H3,(H,19,20)/b10-5-. The van der Waals surface area contributed by atoms with E-state index in [0.29, 0.717) is 16.3 Å². The molecule has 112 valence electrons. The molecule has 2 rings (SSSR count). The van der Waals surface area contributed by atoms with Crippen LogP contribution in [0.4, 0.5) is 5.69 Å². The molecule has 0 heterocycles. The molecule has 0 spiro atoms. The highest BCUT2D eigenvalue weighted by molar-refractivity contribution is 6.30. The van der Waals surface area contributed by atoms with E-state index in [2.05, 4.69) is 10.1 Å². The van der Waals surface area contributed by atoms with Gasteiger partial charge in [-0.2, -0.15) is 0 Å². The van der Waals surface area contributed by atoms with Gasteiger partial charge in [0, 0.05) is 16.8 Å². The SMILES string of the molecule is COC(=O)c1ccc(NC(=O)/C=C\c2cccc(Cl)c2)cc1. The maximum Gasteiger partial charge on any atom is 0.337 e. The number of carbonyl (C=O) groups excluding carboxylic acids is 2. The number of nitrogens with one attached hydrogen (secondary N) is 1. The van der Waals surface area contributed by atoms with Gasteiger partial charge in [0.05, 0.1) is 12.7 Å². The van der Waals surface area contributed by atoms with Crippen molar-refractivity contribution in [3.8, 4) is 0 Å². The normalized spacial score (nSPS) is 10.5. The summed E-state index contributed by atoms with van der Waals surface area (Å²) in [5, 5.41) is 3.31. The molecule has 0 unspecified atom stereocenters. The molecule has 0 radical (unpaired) electrons. The lowest BCUT2D eigenvalue weighted by molar-refractivity contribution is -0.111. The van der Waals surface area contributed by atoms with Crippen LogP contribution in [0.1, 0.15) is 15.9 Å². The van der Waals surface area contributed by atoms with Crippen LogP contribution in [-0.2, 0) is 9.53 Å². The Morgan fingerprint density at radius 1 is 1.14 bits per heavy atom. The topological polar surface area (TPSA) is 55.4 Å². The molecule has 0 aliphatic rings. The van der Waals surface area contributed by atoms with Gasteiger partial charge in [-0.05, 0) is 48.0 Å². The second kappa shape index (κ2) is 7.43. The van der Waals surface area contributed by atoms with E-state index in [1.165, 1.54) is 13.2 Å². The number of benzene rings is 2. The zero-order valence-corrected chi connectivity index (χ0v) is 12.6. The zero-order chi connectivity index (χ0) is 15.9. The Balaban J connectivity index is 1.98. The number of amides is 1. The van der Waals surface area contributed by atoms with Crippen LogP contribution in [0, 0.1) is 0 Å². The molecule has 0 atom stereocenters. The van der Waals surface area contributed by atoms with Gasteiger partial charge in [0.1, 0.15) is 0 Å². The number of rotatable bonds is 4. The van der Waals surface area contributed by atoms with Crippen molar-refractivity contribution in [3.63, 3.8) is 0 Å². The lowest BCUT2D eigenvalue weighted by atomic mass is 10.2. The fourth-order valence-electron chi connectivity index (χ4n) is 1.77. The molecule has 4 nitrogen and oxygen atoms in total. The Morgan fingerprint density at radius 2 is 1.86 bits per heavy atom. The van der Waals surface area contributed by atoms with E-state index in [1.807, 2.05) is 12.1 Å². The van der Waals surface area contributed by atoms with Crippen molar-refractivity contribution < 1.29 is 14.3 Å². The van der Waals surface area contributed by atoms with Crippen LogP contribution in [0.3, 0.4) is 0 Å². The molecule has 0 aromatic heterocycles. The van der Waals surface area contributed by atoms with Gasteiger partial charge in [0.25, 0.3) is 0 Å². The summed E-state index contributed by atoms with van der Waals surface area (Å²) in [6, 6.07) is 13.6. The number of ether oxygens (including phenoxy) is 1. The summed E-state index contributed by atoms with van der Waals surface area (Å²) in [6.45, 7) is 0. The van der Waals surface area contributed by atoms with E-state index >= 15 is 0 Å². The molecule has 0 aliphatic heterocycles. The first-order valence-corrected chi connectivity index (χ1v) is 6.89. The Bertz CT molecular complexity index is 708. The quantitative estimate of drug-likeness (QED) is 0.690. The average Bonchev–Trinajstić information content (AvgIpc) is 2.53. The second-order valence-corrected chi connectivity index (χ2v) is 4.88. The van der Waals surface area contributed by atoms with Crippen molar-refractivity contribution in [2.75, 3.05) is 12.4 Å². The molecule has 2 aromatic rings. The summed E-state index contributed by atoms with van der Waals surface area (Å²) in [5.74, 6) is -0.690. The summed E-state index contributed by atoms with van der Waals surface area (Å²) in [7, 11) is 1.32. The molecule has 0 bridgehead atoms. The molecule has 0 fully saturated rings. The first kappa shape index (κ1) is 15.8. The molecule has 1 amide bonds. The highest BCUT2D eigenvalue weighted by Gasteiger charge is 2.05. The van der Waals surface area contributed by atoms with Crippen molar-refractivity contribution in [2.45, 2.75) is 0 Å². The van der Waals surface area contributed by atoms with Gasteiger partial charge in [-0.25, -0.2) is 4.79 Å². The van der Waals surface area contributed by atoms with E-state index < -0.39 is 5.97 Å². The maximum absolute atomic E-state index is 11.8. The third kappa shape index (κ3) is 4.46. The zero-order valence-electron chi connectivity index (χ0n) is 11.9. The number of carbonyl (C=O) groups is 2. The minimum absolute atomic E-state index is 0.272. The van der Waals surface area contributed by atoms with Crippen LogP contribution in [0.5, 0.6) is 0 Å². The van der Waals surface area contributed by atoms with Crippen LogP contribution in [-0.4, -0.2) is 19.0 Å². The van der Waals surface area contributed by atoms with Crippen molar-refractivity contribution in [3.05, 3.63) is 70.8 Å². The summed E-state index contributed by atoms with van der Waals surface area (Å²) in [6.07, 6.45) is 3.09. The molecule has 2 aromatic carbocycles. The van der Waals surface area contributed by atoms with Crippen molar-refractivity contribution in [1.29, 1.82) is 0 Å². The monoisotopic (exact) mass is 315 g/mol. The van der Waals surface area contributed by atoms with Crippen LogP contribution >= 0.6 is 11.6 Å². The van der Waals surface area contributed by atoms with Gasteiger partial charge in [-0.3, -0.25) is 4.79 Å². The number of anilines is 1. The lowest BCUT2D eigenvalue weighted by Crippen LogP contribution is -2.08. The Labute approximate surface area is 133 Å². The van der Waals surface area contributed by atoms with E-state index in [1.54, 1.807) is 42.5 Å². The van der Waals surface area contributed by atoms with Crippen molar-refractivity contribution in [2.24, 2.45) is 0 Å². The third-order valence-corrected chi connectivity index (χ3v) is 3.08. The Morgan fingerprint density at radius 3 is 2.50 bits per heavy atom. The van der Waals surface area contributed by atoms with Crippen LogP contribution in [0.2, 0.25) is 5.02 Å². The number of hydrogen-bond acceptors (Lipinski definition) is 3. The first-order valence-electron chi connectivity index (χ1n) is 6.51. The largest absolute Gasteiger partial charge is 0.465 e. The van der Waals surface area contributed by atoms with Gasteiger partial charge in [-0.1, -0.05) is 23.7 Å². The fourth-order valence-corrected chi connectivity index (χ4v) is 1.97. The molecular formula is C17H14ClNO3. The first-order chi connectivity index (χ1) is 10.6. The smallest absolute Gasteiger partial charge is 0.337 e. The molecule has 5 heteroatoms. The number of methoxy groups -OCH3 is 1. The predicted octanol–water partition coefficient (Wildman–Crippen LogP) is 3.78. The minimum Gasteiger partial charge on any atom is -0.465 e. The maximum atomic E-state index is 11.8. The molecular weight excluding hydrogens is 302 g/mol.